The number of nitrogens with one attached hydrogen (secondary N) is 2. The van der Waals surface area contributed by atoms with Gasteiger partial charge in [0.05, 0.1) is 17.7 Å². The van der Waals surface area contributed by atoms with Crippen LogP contribution in [0.4, 0.5) is 10.5 Å². The molecule has 32 heavy (non-hydrogen) atoms. The minimum absolute atomic E-state index is 0.0818. The lowest BCUT2D eigenvalue weighted by Gasteiger charge is -2.27. The molecule has 4 N–H and O–H groups in total. The van der Waals surface area contributed by atoms with Crippen LogP contribution in [0.5, 0.6) is 5.75 Å². The van der Waals surface area contributed by atoms with Crippen LogP contribution in [-0.2, 0) is 14.3 Å². The molecule has 2 amide bonds. The number of nitriles is 1. The molecular weight excluding hydrogens is 482 g/mol. The fourth-order valence-corrected chi connectivity index (χ4v) is 3.24. The summed E-state index contributed by atoms with van der Waals surface area (Å²) in [5, 5.41) is 30.4. The molecule has 0 heterocycles. The van der Waals surface area contributed by atoms with E-state index in [4.69, 9.17) is 19.9 Å². The normalized spacial score (nSPS) is 12.6. The minimum Gasteiger partial charge on any atom is -0.508 e. The highest BCUT2D eigenvalue weighted by Crippen LogP contribution is 2.35. The first-order valence-electron chi connectivity index (χ1n) is 9.47. The zero-order chi connectivity index (χ0) is 23.5. The first-order chi connectivity index (χ1) is 15.4. The van der Waals surface area contributed by atoms with Crippen LogP contribution in [0.15, 0.2) is 59.1 Å². The number of nitrogens with zero attached hydrogens (tertiary/aromatic N) is 1. The molecule has 0 spiro atoms. The second kappa shape index (κ2) is 12.5. The van der Waals surface area contributed by atoms with Gasteiger partial charge >= 0.3 is 6.09 Å². The Morgan fingerprint density at radius 1 is 1.25 bits per heavy atom. The van der Waals surface area contributed by atoms with E-state index in [1.807, 2.05) is 6.07 Å². The number of hydrogen-bond donors (Lipinski definition) is 4. The minimum atomic E-state index is -0.976. The predicted molar refractivity (Wildman–Crippen MR) is 119 cm³/mol. The Morgan fingerprint density at radius 3 is 2.59 bits per heavy atom. The maximum absolute atomic E-state index is 12.6. The molecular formula is C22H22BrN3O6. The molecule has 2 aromatic rings. The van der Waals surface area contributed by atoms with Crippen molar-refractivity contribution < 1.29 is 29.4 Å². The summed E-state index contributed by atoms with van der Waals surface area (Å²) in [7, 11) is 1.44. The largest absolute Gasteiger partial charge is 0.508 e. The number of aromatic hydroxyl groups is 1. The van der Waals surface area contributed by atoms with Crippen molar-refractivity contribution in [3.05, 3.63) is 70.2 Å². The molecule has 168 valence electrons. The molecule has 2 atom stereocenters. The Kier molecular flexibility index (Phi) is 9.69. The molecule has 0 aromatic heterocycles. The van der Waals surface area contributed by atoms with Gasteiger partial charge < -0.3 is 14.6 Å². The van der Waals surface area contributed by atoms with Crippen LogP contribution >= 0.6 is 15.9 Å². The topological polar surface area (TPSA) is 141 Å². The zero-order valence-electron chi connectivity index (χ0n) is 17.1. The van der Waals surface area contributed by atoms with Gasteiger partial charge in [0.25, 0.3) is 5.91 Å². The van der Waals surface area contributed by atoms with Gasteiger partial charge in [0, 0.05) is 28.9 Å². The van der Waals surface area contributed by atoms with Crippen LogP contribution in [0.25, 0.3) is 0 Å². The van der Waals surface area contributed by atoms with Crippen molar-refractivity contribution in [2.24, 2.45) is 0 Å². The van der Waals surface area contributed by atoms with Gasteiger partial charge in [0.1, 0.15) is 5.75 Å². The average Bonchev–Trinajstić information content (AvgIpc) is 2.80. The smallest absolute Gasteiger partial charge is 0.412 e. The number of carbonyl (C=O) groups is 2. The molecule has 10 heteroatoms. The van der Waals surface area contributed by atoms with Crippen molar-refractivity contribution in [2.75, 3.05) is 12.4 Å². The monoisotopic (exact) mass is 503 g/mol. The van der Waals surface area contributed by atoms with Gasteiger partial charge in [-0.05, 0) is 55.3 Å². The summed E-state index contributed by atoms with van der Waals surface area (Å²) in [5.74, 6) is -0.750. The van der Waals surface area contributed by atoms with E-state index in [1.54, 1.807) is 36.4 Å². The van der Waals surface area contributed by atoms with Gasteiger partial charge in [-0.3, -0.25) is 15.3 Å². The lowest BCUT2D eigenvalue weighted by atomic mass is 9.99. The third kappa shape index (κ3) is 7.39. The molecule has 9 nitrogen and oxygen atoms in total. The lowest BCUT2D eigenvalue weighted by molar-refractivity contribution is -0.124. The Bertz CT molecular complexity index is 1000. The number of hydroxylamine groups is 1. The second-order valence-corrected chi connectivity index (χ2v) is 7.49. The zero-order valence-corrected chi connectivity index (χ0v) is 18.7. The van der Waals surface area contributed by atoms with Crippen LogP contribution in [0, 0.1) is 11.3 Å². The fraction of sp³-hybridized carbons (Fsp3) is 0.227. The fourth-order valence-electron chi connectivity index (χ4n) is 2.86. The molecule has 0 radical (unpaired) electrons. The molecule has 0 saturated heterocycles. The number of methoxy groups -OCH3 is 1. The van der Waals surface area contributed by atoms with E-state index in [-0.39, 0.29) is 5.75 Å². The molecule has 2 aromatic carbocycles. The molecule has 0 aliphatic heterocycles. The predicted octanol–water partition coefficient (Wildman–Crippen LogP) is 4.17. The Hall–Kier alpha value is -3.39. The second-order valence-electron chi connectivity index (χ2n) is 6.57. The molecule has 0 aliphatic carbocycles. The molecule has 0 aliphatic rings. The average molecular weight is 504 g/mol. The van der Waals surface area contributed by atoms with Gasteiger partial charge in [-0.2, -0.15) is 5.26 Å². The third-order valence-corrected chi connectivity index (χ3v) is 4.92. The number of allylic oxidation sites excluding steroid dienone is 1. The standard InChI is InChI=1S/C22H22BrN3O6/c1-31-19(4-2-3-5-20(28)26-30)21(17-12-15(23)8-11-18(17)27)32-22(29)25-16-9-6-14(13-24)7-10-16/h3,5-12,19,21,27,30H,2,4H2,1H3,(H,25,29)(H,26,28)/b5-3+/t19-,21-/m0/s1. The lowest BCUT2D eigenvalue weighted by Crippen LogP contribution is -2.28. The number of rotatable bonds is 9. The summed E-state index contributed by atoms with van der Waals surface area (Å²) in [6.45, 7) is 0. The maximum Gasteiger partial charge on any atom is 0.412 e. The van der Waals surface area contributed by atoms with Gasteiger partial charge in [-0.15, -0.1) is 0 Å². The van der Waals surface area contributed by atoms with Gasteiger partial charge in [-0.25, -0.2) is 10.3 Å². The number of halogens is 1. The first-order valence-corrected chi connectivity index (χ1v) is 10.3. The van der Waals surface area contributed by atoms with Gasteiger partial charge in [-0.1, -0.05) is 22.0 Å². The summed E-state index contributed by atoms with van der Waals surface area (Å²) in [6.07, 6.45) is 0.990. The maximum atomic E-state index is 12.6. The van der Waals surface area contributed by atoms with Gasteiger partial charge in [0.2, 0.25) is 0 Å². The van der Waals surface area contributed by atoms with Crippen molar-refractivity contribution in [3.8, 4) is 11.8 Å². The molecule has 0 fully saturated rings. The highest BCUT2D eigenvalue weighted by atomic mass is 79.9. The molecule has 0 unspecified atom stereocenters. The van der Waals surface area contributed by atoms with Crippen LogP contribution < -0.4 is 10.8 Å². The quantitative estimate of drug-likeness (QED) is 0.228. The van der Waals surface area contributed by atoms with Crippen LogP contribution in [0.2, 0.25) is 0 Å². The summed E-state index contributed by atoms with van der Waals surface area (Å²) < 4.78 is 11.8. The van der Waals surface area contributed by atoms with E-state index in [2.05, 4.69) is 21.2 Å². The van der Waals surface area contributed by atoms with E-state index in [1.165, 1.54) is 24.7 Å². The van der Waals surface area contributed by atoms with Crippen molar-refractivity contribution in [3.63, 3.8) is 0 Å². The number of anilines is 1. The van der Waals surface area contributed by atoms with Gasteiger partial charge in [0.15, 0.2) is 6.10 Å². The summed E-state index contributed by atoms with van der Waals surface area (Å²) >= 11 is 3.34. The van der Waals surface area contributed by atoms with Crippen molar-refractivity contribution in [1.82, 2.24) is 5.48 Å². The number of hydrogen-bond acceptors (Lipinski definition) is 7. The van der Waals surface area contributed by atoms with Crippen molar-refractivity contribution in [1.29, 1.82) is 5.26 Å². The number of benzene rings is 2. The highest BCUT2D eigenvalue weighted by molar-refractivity contribution is 9.10. The number of carbonyl (C=O) groups excluding carboxylic acids is 2. The summed E-state index contributed by atoms with van der Waals surface area (Å²) in [4.78, 5) is 23.7. The molecule has 0 bridgehead atoms. The molecule has 0 saturated carbocycles. The van der Waals surface area contributed by atoms with E-state index < -0.39 is 24.2 Å². The van der Waals surface area contributed by atoms with Crippen molar-refractivity contribution >= 4 is 33.6 Å². The number of phenolic OH excluding ortho intramolecular Hbond substituents is 1. The number of ether oxygens (including phenoxy) is 2. The number of phenols is 1. The highest BCUT2D eigenvalue weighted by Gasteiger charge is 2.29. The first kappa shape index (κ1) is 24.9. The Balaban J connectivity index is 2.21. The number of amides is 2. The summed E-state index contributed by atoms with van der Waals surface area (Å²) in [5.41, 5.74) is 2.70. The van der Waals surface area contributed by atoms with E-state index >= 15 is 0 Å². The Morgan fingerprint density at radius 2 is 1.97 bits per heavy atom. The van der Waals surface area contributed by atoms with Crippen LogP contribution in [-0.4, -0.2) is 35.5 Å². The van der Waals surface area contributed by atoms with Crippen molar-refractivity contribution in [2.45, 2.75) is 25.0 Å². The van der Waals surface area contributed by atoms with E-state index in [9.17, 15) is 14.7 Å². The van der Waals surface area contributed by atoms with E-state index in [0.29, 0.717) is 34.1 Å². The summed E-state index contributed by atoms with van der Waals surface area (Å²) in [6, 6.07) is 13.0. The van der Waals surface area contributed by atoms with Crippen LogP contribution in [0.3, 0.4) is 0 Å². The Labute approximate surface area is 193 Å². The molecule has 2 rings (SSSR count). The SMILES string of the molecule is CO[C@@H](CC/C=C/C(=O)NO)[C@@H](OC(=O)Nc1ccc(C#N)cc1)c1cc(Br)ccc1O. The third-order valence-electron chi connectivity index (χ3n) is 4.43. The van der Waals surface area contributed by atoms with E-state index in [0.717, 1.165) is 6.08 Å². The van der Waals surface area contributed by atoms with Crippen LogP contribution in [0.1, 0.15) is 30.1 Å².